The second-order valence-electron chi connectivity index (χ2n) is 3.43. The van der Waals surface area contributed by atoms with Crippen molar-refractivity contribution in [1.29, 1.82) is 0 Å². The number of hydrogen-bond donors (Lipinski definition) is 1. The number of H-pyrrole nitrogens is 1. The van der Waals surface area contributed by atoms with Gasteiger partial charge in [-0.25, -0.2) is 5.10 Å². The van der Waals surface area contributed by atoms with E-state index in [2.05, 4.69) is 27.5 Å². The van der Waals surface area contributed by atoms with Crippen molar-refractivity contribution in [2.45, 2.75) is 6.18 Å². The first-order valence-electron chi connectivity index (χ1n) is 4.93. The molecule has 1 N–H and O–H groups in total. The molecule has 0 saturated heterocycles. The molecule has 0 bridgehead atoms. The lowest BCUT2D eigenvalue weighted by Gasteiger charge is -2.04. The molecule has 0 fully saturated rings. The van der Waals surface area contributed by atoms with Crippen LogP contribution in [0, 0.1) is 4.77 Å². The summed E-state index contributed by atoms with van der Waals surface area (Å²) in [4.78, 5) is 0. The van der Waals surface area contributed by atoms with Gasteiger partial charge in [-0.05, 0) is 18.3 Å². The van der Waals surface area contributed by atoms with Gasteiger partial charge in [0.05, 0.1) is 6.21 Å². The Balaban J connectivity index is 2.42. The van der Waals surface area contributed by atoms with Gasteiger partial charge in [0.15, 0.2) is 0 Å². The summed E-state index contributed by atoms with van der Waals surface area (Å²) in [6, 6.07) is 6.60. The first-order chi connectivity index (χ1) is 8.89. The van der Waals surface area contributed by atoms with E-state index in [1.54, 1.807) is 24.3 Å². The zero-order chi connectivity index (χ0) is 14.0. The lowest BCUT2D eigenvalue weighted by atomic mass is 10.2. The highest BCUT2D eigenvalue weighted by Gasteiger charge is 2.37. The number of benzene rings is 1. The number of halogens is 4. The van der Waals surface area contributed by atoms with E-state index in [1.807, 2.05) is 0 Å². The molecule has 1 heterocycles. The fourth-order valence-corrected chi connectivity index (χ4v) is 1.65. The van der Waals surface area contributed by atoms with Gasteiger partial charge in [0, 0.05) is 10.6 Å². The van der Waals surface area contributed by atoms with Gasteiger partial charge in [0.25, 0.3) is 5.82 Å². The van der Waals surface area contributed by atoms with Crippen molar-refractivity contribution in [3.63, 3.8) is 0 Å². The molecule has 0 atom stereocenters. The summed E-state index contributed by atoms with van der Waals surface area (Å²) >= 11 is 10.5. The molecule has 9 heteroatoms. The Labute approximate surface area is 115 Å². The van der Waals surface area contributed by atoms with E-state index in [-0.39, 0.29) is 4.77 Å². The highest BCUT2D eigenvalue weighted by Crippen LogP contribution is 2.27. The topological polar surface area (TPSA) is 46.0 Å². The number of aromatic nitrogens is 3. The van der Waals surface area contributed by atoms with Crippen LogP contribution in [0.25, 0.3) is 0 Å². The monoisotopic (exact) mass is 306 g/mol. The molecule has 19 heavy (non-hydrogen) atoms. The molecule has 1 aromatic carbocycles. The maximum Gasteiger partial charge on any atom is 0.453 e. The van der Waals surface area contributed by atoms with Crippen LogP contribution in [0.3, 0.4) is 0 Å². The minimum absolute atomic E-state index is 0.254. The van der Waals surface area contributed by atoms with Crippen LogP contribution < -0.4 is 0 Å². The van der Waals surface area contributed by atoms with E-state index in [4.69, 9.17) is 11.6 Å². The summed E-state index contributed by atoms with van der Waals surface area (Å²) in [5.74, 6) is -1.22. The molecular weight excluding hydrogens is 301 g/mol. The summed E-state index contributed by atoms with van der Waals surface area (Å²) in [6.45, 7) is 0. The molecule has 100 valence electrons. The molecule has 0 spiro atoms. The van der Waals surface area contributed by atoms with Crippen LogP contribution in [-0.4, -0.2) is 21.1 Å². The Morgan fingerprint density at radius 2 is 2.05 bits per heavy atom. The number of alkyl halides is 3. The van der Waals surface area contributed by atoms with Crippen LogP contribution in [0.15, 0.2) is 29.4 Å². The lowest BCUT2D eigenvalue weighted by Crippen LogP contribution is -2.12. The number of aromatic amines is 1. The summed E-state index contributed by atoms with van der Waals surface area (Å²) < 4.78 is 38.1. The van der Waals surface area contributed by atoms with Gasteiger partial charge in [0.2, 0.25) is 4.77 Å². The number of hydrogen-bond acceptors (Lipinski definition) is 3. The third-order valence-electron chi connectivity index (χ3n) is 2.12. The van der Waals surface area contributed by atoms with E-state index < -0.39 is 12.0 Å². The summed E-state index contributed by atoms with van der Waals surface area (Å²) in [5.41, 5.74) is 0.473. The third kappa shape index (κ3) is 3.02. The van der Waals surface area contributed by atoms with E-state index in [9.17, 15) is 13.2 Å². The van der Waals surface area contributed by atoms with E-state index in [0.29, 0.717) is 15.3 Å². The van der Waals surface area contributed by atoms with E-state index in [1.165, 1.54) is 6.21 Å². The molecular formula is C10H6ClF3N4S. The summed E-state index contributed by atoms with van der Waals surface area (Å²) in [6.07, 6.45) is -3.46. The van der Waals surface area contributed by atoms with Gasteiger partial charge in [-0.3, -0.25) is 0 Å². The van der Waals surface area contributed by atoms with Gasteiger partial charge in [-0.2, -0.15) is 22.9 Å². The van der Waals surface area contributed by atoms with Crippen molar-refractivity contribution in [2.24, 2.45) is 5.10 Å². The maximum absolute atomic E-state index is 12.6. The van der Waals surface area contributed by atoms with Gasteiger partial charge >= 0.3 is 6.18 Å². The predicted molar refractivity (Wildman–Crippen MR) is 66.9 cm³/mol. The molecule has 1 aromatic heterocycles. The van der Waals surface area contributed by atoms with Crippen molar-refractivity contribution < 1.29 is 13.2 Å². The number of nitrogens with zero attached hydrogens (tertiary/aromatic N) is 3. The van der Waals surface area contributed by atoms with Crippen molar-refractivity contribution in [2.75, 3.05) is 0 Å². The highest BCUT2D eigenvalue weighted by molar-refractivity contribution is 7.71. The first kappa shape index (κ1) is 13.8. The fourth-order valence-electron chi connectivity index (χ4n) is 1.28. The SMILES string of the molecule is FC(F)(F)c1n[nH]c(=S)n1/N=C\c1ccccc1Cl. The molecule has 0 aliphatic carbocycles. The molecule has 0 saturated carbocycles. The van der Waals surface area contributed by atoms with Crippen molar-refractivity contribution in [3.8, 4) is 0 Å². The Morgan fingerprint density at radius 1 is 1.37 bits per heavy atom. The fraction of sp³-hybridized carbons (Fsp3) is 0.100. The largest absolute Gasteiger partial charge is 0.453 e. The first-order valence-corrected chi connectivity index (χ1v) is 5.71. The second-order valence-corrected chi connectivity index (χ2v) is 4.22. The minimum atomic E-state index is -4.65. The number of rotatable bonds is 2. The zero-order valence-electron chi connectivity index (χ0n) is 9.15. The standard InChI is InChI=1S/C10H6ClF3N4S/c11-7-4-2-1-3-6(7)5-15-18-8(10(12,13)14)16-17-9(18)19/h1-5H,(H,17,19)/b15-5-. The predicted octanol–water partition coefficient (Wildman–Crippen LogP) is 3.50. The second kappa shape index (κ2) is 5.14. The minimum Gasteiger partial charge on any atom is -0.250 e. The summed E-state index contributed by atoms with van der Waals surface area (Å²) in [7, 11) is 0. The third-order valence-corrected chi connectivity index (χ3v) is 2.73. The van der Waals surface area contributed by atoms with Crippen molar-refractivity contribution >= 4 is 30.0 Å². The van der Waals surface area contributed by atoms with Crippen molar-refractivity contribution in [3.05, 3.63) is 45.4 Å². The average Bonchev–Trinajstić information content (AvgIpc) is 2.69. The quantitative estimate of drug-likeness (QED) is 0.682. The Bertz CT molecular complexity index is 674. The molecule has 0 aliphatic rings. The molecule has 4 nitrogen and oxygen atoms in total. The van der Waals surface area contributed by atoms with Crippen LogP contribution in [0.4, 0.5) is 13.2 Å². The number of nitrogens with one attached hydrogen (secondary N) is 1. The maximum atomic E-state index is 12.6. The van der Waals surface area contributed by atoms with Crippen LogP contribution in [0.1, 0.15) is 11.4 Å². The molecule has 0 aliphatic heterocycles. The average molecular weight is 307 g/mol. The normalized spacial score (nSPS) is 12.2. The molecule has 2 aromatic rings. The van der Waals surface area contributed by atoms with Crippen LogP contribution in [0.2, 0.25) is 5.02 Å². The van der Waals surface area contributed by atoms with Crippen LogP contribution >= 0.6 is 23.8 Å². The van der Waals surface area contributed by atoms with Gasteiger partial charge in [-0.15, -0.1) is 5.10 Å². The van der Waals surface area contributed by atoms with Gasteiger partial charge in [-0.1, -0.05) is 29.8 Å². The highest BCUT2D eigenvalue weighted by atomic mass is 35.5. The van der Waals surface area contributed by atoms with Gasteiger partial charge in [0.1, 0.15) is 0 Å². The smallest absolute Gasteiger partial charge is 0.250 e. The van der Waals surface area contributed by atoms with Crippen LogP contribution in [-0.2, 0) is 6.18 Å². The molecule has 0 unspecified atom stereocenters. The van der Waals surface area contributed by atoms with E-state index in [0.717, 1.165) is 0 Å². The summed E-state index contributed by atoms with van der Waals surface area (Å²) in [5, 5.41) is 9.16. The lowest BCUT2D eigenvalue weighted by molar-refractivity contribution is -0.147. The molecule has 0 amide bonds. The van der Waals surface area contributed by atoms with E-state index >= 15 is 0 Å². The van der Waals surface area contributed by atoms with Crippen LogP contribution in [0.5, 0.6) is 0 Å². The Kier molecular flexibility index (Phi) is 3.72. The van der Waals surface area contributed by atoms with Gasteiger partial charge < -0.3 is 0 Å². The Hall–Kier alpha value is -1.67. The Morgan fingerprint density at radius 3 is 2.68 bits per heavy atom. The van der Waals surface area contributed by atoms with Crippen molar-refractivity contribution in [1.82, 2.24) is 14.9 Å². The molecule has 2 rings (SSSR count). The zero-order valence-corrected chi connectivity index (χ0v) is 10.7. The molecule has 0 radical (unpaired) electrons.